The van der Waals surface area contributed by atoms with E-state index in [-0.39, 0.29) is 19.1 Å². The van der Waals surface area contributed by atoms with Gasteiger partial charge in [-0.2, -0.15) is 0 Å². The number of carboxylic acids is 1. The Balaban J connectivity index is 2.13. The number of aliphatic carboxylic acids is 1. The normalized spacial score (nSPS) is 22.7. The molecule has 0 aromatic carbocycles. The number of likely N-dealkylation sites (tertiary alicyclic amines) is 1. The maximum atomic E-state index is 12.3. The molecule has 2 heterocycles. The number of rotatable bonds is 4. The quantitative estimate of drug-likeness (QED) is 0.905. The Labute approximate surface area is 123 Å². The summed E-state index contributed by atoms with van der Waals surface area (Å²) in [4.78, 5) is 25.9. The number of hydrogen-bond acceptors (Lipinski definition) is 4. The zero-order valence-corrected chi connectivity index (χ0v) is 12.8. The predicted octanol–water partition coefficient (Wildman–Crippen LogP) is 2.07. The molecule has 1 aromatic rings. The summed E-state index contributed by atoms with van der Waals surface area (Å²) in [6.45, 7) is 0.773. The maximum absolute atomic E-state index is 12.3. The summed E-state index contributed by atoms with van der Waals surface area (Å²) < 4.78 is 5.87. The highest BCUT2D eigenvalue weighted by molar-refractivity contribution is 9.10. The van der Waals surface area contributed by atoms with Crippen LogP contribution in [0.25, 0.3) is 0 Å². The number of hydrogen-bond donors (Lipinski definition) is 1. The summed E-state index contributed by atoms with van der Waals surface area (Å²) in [5.41, 5.74) is -0.973. The largest absolute Gasteiger partial charge is 0.481 e. The second-order valence-corrected chi connectivity index (χ2v) is 6.45. The van der Waals surface area contributed by atoms with Crippen LogP contribution in [0.3, 0.4) is 0 Å². The SMILES string of the molecule is COCC1(C(=O)O)CCN(C(=O)c2cc(Br)cs2)C1. The van der Waals surface area contributed by atoms with Gasteiger partial charge in [0.2, 0.25) is 0 Å². The van der Waals surface area contributed by atoms with E-state index in [9.17, 15) is 14.7 Å². The molecule has 1 aromatic heterocycles. The lowest BCUT2D eigenvalue weighted by Gasteiger charge is -2.23. The van der Waals surface area contributed by atoms with Crippen molar-refractivity contribution in [1.82, 2.24) is 4.90 Å². The molecule has 1 amide bonds. The number of ether oxygens (including phenoxy) is 1. The fourth-order valence-corrected chi connectivity index (χ4v) is 3.65. The van der Waals surface area contributed by atoms with Gasteiger partial charge in [0.15, 0.2) is 0 Å². The minimum Gasteiger partial charge on any atom is -0.481 e. The highest BCUT2D eigenvalue weighted by atomic mass is 79.9. The van der Waals surface area contributed by atoms with Crippen molar-refractivity contribution in [3.8, 4) is 0 Å². The molecular formula is C12H14BrNO4S. The maximum Gasteiger partial charge on any atom is 0.313 e. The molecule has 1 unspecified atom stereocenters. The Bertz CT molecular complexity index is 504. The lowest BCUT2D eigenvalue weighted by atomic mass is 9.88. The highest BCUT2D eigenvalue weighted by Crippen LogP contribution is 2.33. The standard InChI is InChI=1S/C12H14BrNO4S/c1-18-7-12(11(16)17)2-3-14(6-12)10(15)9-4-8(13)5-19-9/h4-5H,2-3,6-7H2,1H3,(H,16,17). The van der Waals surface area contributed by atoms with Gasteiger partial charge in [0.05, 0.1) is 11.5 Å². The van der Waals surface area contributed by atoms with E-state index in [1.807, 2.05) is 5.38 Å². The topological polar surface area (TPSA) is 66.8 Å². The Kier molecular flexibility index (Phi) is 4.27. The van der Waals surface area contributed by atoms with Crippen LogP contribution in [0, 0.1) is 5.41 Å². The van der Waals surface area contributed by atoms with Gasteiger partial charge in [-0.05, 0) is 28.4 Å². The third-order valence-corrected chi connectivity index (χ3v) is 4.97. The molecule has 1 atom stereocenters. The molecule has 19 heavy (non-hydrogen) atoms. The van der Waals surface area contributed by atoms with Crippen molar-refractivity contribution in [2.24, 2.45) is 5.41 Å². The zero-order chi connectivity index (χ0) is 14.0. The summed E-state index contributed by atoms with van der Waals surface area (Å²) in [6.07, 6.45) is 0.425. The first kappa shape index (κ1) is 14.5. The molecule has 5 nitrogen and oxygen atoms in total. The Hall–Kier alpha value is -0.920. The predicted molar refractivity (Wildman–Crippen MR) is 74.5 cm³/mol. The fraction of sp³-hybridized carbons (Fsp3) is 0.500. The zero-order valence-electron chi connectivity index (χ0n) is 10.4. The number of methoxy groups -OCH3 is 1. The van der Waals surface area contributed by atoms with E-state index in [4.69, 9.17) is 4.74 Å². The molecule has 0 saturated carbocycles. The molecule has 1 N–H and O–H groups in total. The van der Waals surface area contributed by atoms with Gasteiger partial charge in [0, 0.05) is 30.1 Å². The van der Waals surface area contributed by atoms with Crippen molar-refractivity contribution in [3.63, 3.8) is 0 Å². The summed E-state index contributed by atoms with van der Waals surface area (Å²) in [5, 5.41) is 11.2. The molecule has 1 aliphatic rings. The van der Waals surface area contributed by atoms with Crippen LogP contribution in [0.2, 0.25) is 0 Å². The molecule has 1 fully saturated rings. The van der Waals surface area contributed by atoms with Gasteiger partial charge < -0.3 is 14.7 Å². The van der Waals surface area contributed by atoms with E-state index in [1.165, 1.54) is 18.4 Å². The van der Waals surface area contributed by atoms with Crippen molar-refractivity contribution < 1.29 is 19.4 Å². The Morgan fingerprint density at radius 2 is 2.37 bits per heavy atom. The van der Waals surface area contributed by atoms with Crippen molar-refractivity contribution in [3.05, 3.63) is 20.8 Å². The number of halogens is 1. The van der Waals surface area contributed by atoms with Crippen molar-refractivity contribution >= 4 is 39.1 Å². The average molecular weight is 348 g/mol. The van der Waals surface area contributed by atoms with E-state index in [1.54, 1.807) is 11.0 Å². The van der Waals surface area contributed by atoms with Gasteiger partial charge in [0.25, 0.3) is 5.91 Å². The fourth-order valence-electron chi connectivity index (χ4n) is 2.26. The third kappa shape index (κ3) is 2.82. The average Bonchev–Trinajstić information content (AvgIpc) is 2.96. The van der Waals surface area contributed by atoms with E-state index in [2.05, 4.69) is 15.9 Å². The lowest BCUT2D eigenvalue weighted by Crippen LogP contribution is -2.40. The number of thiophene rings is 1. The first-order valence-corrected chi connectivity index (χ1v) is 7.41. The van der Waals surface area contributed by atoms with Crippen LogP contribution in [-0.4, -0.2) is 48.7 Å². The molecule has 0 radical (unpaired) electrons. The van der Waals surface area contributed by atoms with Crippen molar-refractivity contribution in [1.29, 1.82) is 0 Å². The van der Waals surface area contributed by atoms with Crippen LogP contribution >= 0.6 is 27.3 Å². The number of carboxylic acid groups (broad SMARTS) is 1. The lowest BCUT2D eigenvalue weighted by molar-refractivity contribution is -0.151. The van der Waals surface area contributed by atoms with E-state index in [0.29, 0.717) is 17.8 Å². The monoisotopic (exact) mass is 347 g/mol. The first-order valence-electron chi connectivity index (χ1n) is 5.74. The molecule has 1 aliphatic heterocycles. The summed E-state index contributed by atoms with van der Waals surface area (Å²) in [5.74, 6) is -1.02. The number of carbonyl (C=O) groups excluding carboxylic acids is 1. The van der Waals surface area contributed by atoms with Gasteiger partial charge in [-0.3, -0.25) is 9.59 Å². The van der Waals surface area contributed by atoms with Gasteiger partial charge in [-0.1, -0.05) is 0 Å². The number of amides is 1. The third-order valence-electron chi connectivity index (χ3n) is 3.29. The van der Waals surface area contributed by atoms with E-state index >= 15 is 0 Å². The van der Waals surface area contributed by atoms with E-state index < -0.39 is 11.4 Å². The first-order chi connectivity index (χ1) is 8.98. The minimum absolute atomic E-state index is 0.116. The molecule has 7 heteroatoms. The van der Waals surface area contributed by atoms with Gasteiger partial charge >= 0.3 is 5.97 Å². The van der Waals surface area contributed by atoms with Crippen molar-refractivity contribution in [2.75, 3.05) is 26.8 Å². The van der Waals surface area contributed by atoms with Gasteiger partial charge in [0.1, 0.15) is 5.41 Å². The van der Waals surface area contributed by atoms with Crippen LogP contribution in [0.5, 0.6) is 0 Å². The second-order valence-electron chi connectivity index (χ2n) is 4.62. The van der Waals surface area contributed by atoms with Crippen LogP contribution < -0.4 is 0 Å². The molecular weight excluding hydrogens is 334 g/mol. The van der Waals surface area contributed by atoms with Crippen LogP contribution in [0.4, 0.5) is 0 Å². The van der Waals surface area contributed by atoms with Crippen LogP contribution in [0.1, 0.15) is 16.1 Å². The molecule has 0 aliphatic carbocycles. The molecule has 2 rings (SSSR count). The second kappa shape index (κ2) is 5.60. The molecule has 0 spiro atoms. The summed E-state index contributed by atoms with van der Waals surface area (Å²) in [7, 11) is 1.48. The number of nitrogens with zero attached hydrogens (tertiary/aromatic N) is 1. The van der Waals surface area contributed by atoms with Gasteiger partial charge in [-0.15, -0.1) is 11.3 Å². The Morgan fingerprint density at radius 3 is 2.89 bits per heavy atom. The molecule has 104 valence electrons. The highest BCUT2D eigenvalue weighted by Gasteiger charge is 2.46. The summed E-state index contributed by atoms with van der Waals surface area (Å²) in [6, 6.07) is 1.75. The minimum atomic E-state index is -0.973. The van der Waals surface area contributed by atoms with Crippen LogP contribution in [-0.2, 0) is 9.53 Å². The summed E-state index contributed by atoms with van der Waals surface area (Å²) >= 11 is 4.65. The number of carbonyl (C=O) groups is 2. The van der Waals surface area contributed by atoms with Gasteiger partial charge in [-0.25, -0.2) is 0 Å². The molecule has 0 bridgehead atoms. The van der Waals surface area contributed by atoms with E-state index in [0.717, 1.165) is 4.47 Å². The van der Waals surface area contributed by atoms with Crippen molar-refractivity contribution in [2.45, 2.75) is 6.42 Å². The molecule has 1 saturated heterocycles. The Morgan fingerprint density at radius 1 is 1.63 bits per heavy atom. The van der Waals surface area contributed by atoms with Crippen LogP contribution in [0.15, 0.2) is 15.9 Å². The smallest absolute Gasteiger partial charge is 0.313 e.